The van der Waals surface area contributed by atoms with Gasteiger partial charge in [-0.15, -0.1) is 0 Å². The lowest BCUT2D eigenvalue weighted by Gasteiger charge is -2.43. The van der Waals surface area contributed by atoms with E-state index in [-0.39, 0.29) is 19.3 Å². The van der Waals surface area contributed by atoms with E-state index in [0.717, 1.165) is 70.6 Å². The molecule has 1 fully saturated rings. The van der Waals surface area contributed by atoms with E-state index in [0.29, 0.717) is 19.3 Å². The van der Waals surface area contributed by atoms with Crippen molar-refractivity contribution < 1.29 is 82.0 Å². The lowest BCUT2D eigenvalue weighted by atomic mass is 9.85. The molecule has 0 aliphatic heterocycles. The van der Waals surface area contributed by atoms with Crippen LogP contribution in [0.2, 0.25) is 0 Å². The third-order valence-corrected chi connectivity index (χ3v) is 12.7. The Bertz CT molecular complexity index is 1770. The summed E-state index contributed by atoms with van der Waals surface area (Å²) in [7, 11) is -10.7. The highest BCUT2D eigenvalue weighted by molar-refractivity contribution is 7.47. The Balaban J connectivity index is 2.61. The maximum Gasteiger partial charge on any atom is 0.472 e. The fraction of sp³-hybridized carbons (Fsp3) is 0.660. The second kappa shape index (κ2) is 42.1. The fourth-order valence-electron chi connectivity index (χ4n) is 7.22. The Kier molecular flexibility index (Phi) is 39.2. The zero-order chi connectivity index (χ0) is 53.3. The second-order valence-electron chi connectivity index (χ2n) is 17.7. The summed E-state index contributed by atoms with van der Waals surface area (Å²) in [4.78, 5) is 54.4. The molecule has 17 nitrogen and oxygen atoms in total. The van der Waals surface area contributed by atoms with Gasteiger partial charge in [0.2, 0.25) is 0 Å². The maximum absolute atomic E-state index is 13.0. The minimum atomic E-state index is -5.39. The van der Waals surface area contributed by atoms with Gasteiger partial charge in [-0.05, 0) is 77.0 Å². The summed E-state index contributed by atoms with van der Waals surface area (Å²) < 4.78 is 49.4. The zero-order valence-electron chi connectivity index (χ0n) is 42.7. The summed E-state index contributed by atoms with van der Waals surface area (Å²) >= 11 is 0. The van der Waals surface area contributed by atoms with Gasteiger partial charge in [0.25, 0.3) is 0 Å². The van der Waals surface area contributed by atoms with E-state index in [1.54, 1.807) is 12.2 Å². The molecule has 0 spiro atoms. The highest BCUT2D eigenvalue weighted by Crippen LogP contribution is 2.49. The van der Waals surface area contributed by atoms with Gasteiger partial charge in [0.05, 0.1) is 12.7 Å². The minimum Gasteiger partial charge on any atom is -0.462 e. The number of carbonyl (C=O) groups is 2. The molecule has 0 aromatic heterocycles. The number of phosphoric acid groups is 2. The van der Waals surface area contributed by atoms with E-state index < -0.39 is 89.6 Å². The van der Waals surface area contributed by atoms with E-state index in [4.69, 9.17) is 18.5 Å². The summed E-state index contributed by atoms with van der Waals surface area (Å²) in [5.41, 5.74) is 0. The van der Waals surface area contributed by atoms with E-state index in [9.17, 15) is 58.9 Å². The van der Waals surface area contributed by atoms with Crippen molar-refractivity contribution in [3.63, 3.8) is 0 Å². The third kappa shape index (κ3) is 35.9. The monoisotopic (exact) mass is 1060 g/mol. The van der Waals surface area contributed by atoms with E-state index >= 15 is 0 Å². The third-order valence-electron chi connectivity index (χ3n) is 11.2. The molecule has 0 saturated heterocycles. The van der Waals surface area contributed by atoms with Crippen molar-refractivity contribution in [2.24, 2.45) is 0 Å². The van der Waals surface area contributed by atoms with Crippen LogP contribution in [-0.2, 0) is 41.8 Å². The Morgan fingerprint density at radius 3 is 1.61 bits per heavy atom. The number of phosphoric ester groups is 2. The van der Waals surface area contributed by atoms with Crippen molar-refractivity contribution in [3.8, 4) is 0 Å². The number of hydrogen-bond donors (Lipinski definition) is 8. The van der Waals surface area contributed by atoms with E-state index in [1.807, 2.05) is 67.7 Å². The normalized spacial score (nSPS) is 22.0. The first-order valence-electron chi connectivity index (χ1n) is 25.9. The second-order valence-corrected chi connectivity index (χ2v) is 20.3. The van der Waals surface area contributed by atoms with Crippen LogP contribution < -0.4 is 0 Å². The van der Waals surface area contributed by atoms with Crippen molar-refractivity contribution in [1.82, 2.24) is 0 Å². The van der Waals surface area contributed by atoms with Crippen molar-refractivity contribution in [3.05, 3.63) is 97.2 Å². The molecule has 1 aliphatic rings. The molecule has 0 aromatic carbocycles. The molecular weight excluding hydrogens is 971 g/mol. The average molecular weight is 1060 g/mol. The molecule has 9 atom stereocenters. The number of unbranched alkanes of at least 4 members (excludes halogenated alkanes) is 12. The van der Waals surface area contributed by atoms with Crippen LogP contribution in [0.3, 0.4) is 0 Å². The zero-order valence-corrected chi connectivity index (χ0v) is 44.5. The summed E-state index contributed by atoms with van der Waals surface area (Å²) in [5, 5.41) is 51.2. The first-order valence-corrected chi connectivity index (χ1v) is 28.9. The van der Waals surface area contributed by atoms with Crippen LogP contribution in [0.15, 0.2) is 97.2 Å². The van der Waals surface area contributed by atoms with E-state index in [1.165, 1.54) is 38.5 Å². The number of esters is 2. The molecule has 1 aliphatic carbocycles. The predicted octanol–water partition coefficient (Wildman–Crippen LogP) is 9.70. The van der Waals surface area contributed by atoms with Crippen molar-refractivity contribution in [1.29, 1.82) is 0 Å². The molecule has 0 amide bonds. The Labute approximate surface area is 429 Å². The largest absolute Gasteiger partial charge is 0.472 e. The number of carbonyl (C=O) groups excluding carboxylic acids is 2. The smallest absolute Gasteiger partial charge is 0.462 e. The lowest BCUT2D eigenvalue weighted by molar-refractivity contribution is -0.216. The summed E-state index contributed by atoms with van der Waals surface area (Å²) in [5.74, 6) is -1.34. The van der Waals surface area contributed by atoms with Crippen molar-refractivity contribution >= 4 is 27.6 Å². The predicted molar refractivity (Wildman–Crippen MR) is 279 cm³/mol. The van der Waals surface area contributed by atoms with Gasteiger partial charge < -0.3 is 49.7 Å². The summed E-state index contributed by atoms with van der Waals surface area (Å²) in [6, 6.07) is 0. The lowest BCUT2D eigenvalue weighted by Crippen LogP contribution is -2.64. The van der Waals surface area contributed by atoms with Gasteiger partial charge in [-0.2, -0.15) is 0 Å². The van der Waals surface area contributed by atoms with Gasteiger partial charge >= 0.3 is 27.6 Å². The number of hydrogen-bond acceptors (Lipinski definition) is 14. The molecule has 6 unspecified atom stereocenters. The molecule has 0 radical (unpaired) electrons. The number of ether oxygens (including phenoxy) is 2. The molecule has 1 rings (SSSR count). The number of aliphatic hydroxyl groups excluding tert-OH is 5. The van der Waals surface area contributed by atoms with Crippen LogP contribution in [0.1, 0.15) is 162 Å². The summed E-state index contributed by atoms with van der Waals surface area (Å²) in [6.45, 7) is 2.82. The number of allylic oxidation sites excluding steroid dienone is 14. The highest BCUT2D eigenvalue weighted by atomic mass is 31.2. The fourth-order valence-corrected chi connectivity index (χ4v) is 8.76. The van der Waals surface area contributed by atoms with Gasteiger partial charge in [0, 0.05) is 12.8 Å². The highest BCUT2D eigenvalue weighted by Gasteiger charge is 2.54. The van der Waals surface area contributed by atoms with Gasteiger partial charge in [-0.25, -0.2) is 9.13 Å². The van der Waals surface area contributed by atoms with Gasteiger partial charge in [-0.3, -0.25) is 23.2 Å². The number of aliphatic hydroxyl groups is 5. The van der Waals surface area contributed by atoms with Crippen molar-refractivity contribution in [2.75, 3.05) is 13.2 Å². The van der Waals surface area contributed by atoms with Crippen LogP contribution in [0.25, 0.3) is 0 Å². The quantitative estimate of drug-likeness (QED) is 0.00928. The van der Waals surface area contributed by atoms with E-state index in [2.05, 4.69) is 35.8 Å². The molecule has 8 N–H and O–H groups in total. The van der Waals surface area contributed by atoms with Crippen LogP contribution in [-0.4, -0.2) is 114 Å². The van der Waals surface area contributed by atoms with Gasteiger partial charge in [-0.1, -0.05) is 169 Å². The van der Waals surface area contributed by atoms with Gasteiger partial charge in [0.15, 0.2) is 6.10 Å². The van der Waals surface area contributed by atoms with Crippen LogP contribution in [0.4, 0.5) is 0 Å². The van der Waals surface area contributed by atoms with Crippen LogP contribution in [0, 0.1) is 0 Å². The molecule has 0 heterocycles. The molecule has 0 bridgehead atoms. The minimum absolute atomic E-state index is 0.0870. The van der Waals surface area contributed by atoms with Crippen LogP contribution >= 0.6 is 15.6 Å². The molecule has 0 aromatic rings. The average Bonchev–Trinajstić information content (AvgIpc) is 3.33. The van der Waals surface area contributed by atoms with Crippen LogP contribution in [0.5, 0.6) is 0 Å². The Morgan fingerprint density at radius 1 is 0.528 bits per heavy atom. The molecular formula is C53H88O17P2. The molecule has 1 saturated carbocycles. The Morgan fingerprint density at radius 2 is 1.04 bits per heavy atom. The topological polar surface area (TPSA) is 276 Å². The molecule has 72 heavy (non-hydrogen) atoms. The SMILES string of the molecule is CC/C=C\CC(O)/C=C/C=C/C/C=C\C/C=C\C/C=C\CCC(=O)O[C@H](COC(=O)CCCCCCCCCCC/C=C\C/C=C\CCCCC)COP(=O)(O)O[C@H]1C(O)C(O)C(O)[C@@H](OP(=O)(O)O)C1O. The summed E-state index contributed by atoms with van der Waals surface area (Å²) in [6.07, 6.45) is 36.9. The molecule has 19 heteroatoms. The molecule has 412 valence electrons. The van der Waals surface area contributed by atoms with Crippen molar-refractivity contribution in [2.45, 2.75) is 210 Å². The maximum atomic E-state index is 13.0. The number of rotatable bonds is 42. The van der Waals surface area contributed by atoms with Gasteiger partial charge in [0.1, 0.15) is 43.2 Å². The first-order chi connectivity index (χ1) is 34.5. The standard InChI is InChI=1S/C53H88O17P2/c1-3-5-7-8-9-10-11-12-13-14-15-16-17-20-23-26-29-32-36-40-46(55)66-42-45(43-67-72(64,65)70-53-50(59)48(57)49(58)52(51(53)60)69-71(61,62)63)68-47(56)41-37-33-30-27-24-21-18-19-22-25-28-31-35-39-44(54)38-34-6-4-2/h6,9-10,12-13,19,21-22,24,28,30-31,33-35,39,44-45,48-54,57-60H,3-5,7-8,11,14-18,20,23,25-27,29,32,36-38,40-43H2,1-2H3,(H,64,65)(H2,61,62,63)/b10-9-,13-12-,22-19-,24-21-,31-28+,33-30-,34-6-,39-35+/t44?,45-,48?,49?,50?,51?,52-,53+/m1/s1. The Hall–Kier alpha value is -3.12. The first kappa shape index (κ1) is 66.9.